The first-order chi connectivity index (χ1) is 17.0. The molecule has 3 rings (SSSR count). The molecule has 1 unspecified atom stereocenters. The first kappa shape index (κ1) is 27.1. The molecule has 1 aromatic rings. The molecule has 1 aromatic carbocycles. The van der Waals surface area contributed by atoms with Crippen LogP contribution in [0.4, 0.5) is 10.5 Å². The van der Waals surface area contributed by atoms with E-state index in [1.165, 1.54) is 4.90 Å². The molecule has 2 heterocycles. The Kier molecular flexibility index (Phi) is 8.67. The van der Waals surface area contributed by atoms with Gasteiger partial charge >= 0.3 is 6.09 Å². The molecule has 0 saturated carbocycles. The number of hydrogen-bond donors (Lipinski definition) is 3. The van der Waals surface area contributed by atoms with Crippen LogP contribution >= 0.6 is 0 Å². The van der Waals surface area contributed by atoms with Crippen LogP contribution in [0.5, 0.6) is 0 Å². The number of rotatable bonds is 9. The minimum atomic E-state index is -0.724. The van der Waals surface area contributed by atoms with Gasteiger partial charge in [-0.3, -0.25) is 24.5 Å². The topological polar surface area (TPSA) is 151 Å². The van der Waals surface area contributed by atoms with Gasteiger partial charge in [0.15, 0.2) is 0 Å². The highest BCUT2D eigenvalue weighted by Gasteiger charge is 2.40. The Labute approximate surface area is 210 Å². The predicted octanol–water partition coefficient (Wildman–Crippen LogP) is 1.75. The summed E-state index contributed by atoms with van der Waals surface area (Å²) < 4.78 is 5.45. The van der Waals surface area contributed by atoms with Crippen LogP contribution < -0.4 is 16.4 Å². The lowest BCUT2D eigenvalue weighted by Gasteiger charge is -2.29. The van der Waals surface area contributed by atoms with Gasteiger partial charge in [-0.15, -0.1) is 0 Å². The van der Waals surface area contributed by atoms with Gasteiger partial charge in [-0.1, -0.05) is 6.07 Å². The number of hydrogen-bond acceptors (Lipinski definition) is 7. The van der Waals surface area contributed by atoms with Gasteiger partial charge in [0.25, 0.3) is 5.91 Å². The van der Waals surface area contributed by atoms with Crippen molar-refractivity contribution in [1.29, 1.82) is 0 Å². The summed E-state index contributed by atoms with van der Waals surface area (Å²) in [4.78, 5) is 64.9. The van der Waals surface area contributed by atoms with E-state index in [1.54, 1.807) is 43.9 Å². The number of fused-ring (bicyclic) bond motifs is 1. The Morgan fingerprint density at radius 2 is 1.92 bits per heavy atom. The van der Waals surface area contributed by atoms with Gasteiger partial charge in [-0.05, 0) is 58.7 Å². The lowest BCUT2D eigenvalue weighted by atomic mass is 10.0. The van der Waals surface area contributed by atoms with Gasteiger partial charge in [0.2, 0.25) is 17.7 Å². The van der Waals surface area contributed by atoms with Crippen molar-refractivity contribution in [3.05, 3.63) is 29.3 Å². The van der Waals surface area contributed by atoms with E-state index in [0.29, 0.717) is 49.3 Å². The van der Waals surface area contributed by atoms with Gasteiger partial charge in [-0.2, -0.15) is 0 Å². The SMILES string of the molecule is CC(C)(C)OC(=O)N(CCCN)CCCC(=O)Nc1cccc2c1CN(C1CCC(=O)NC1=O)C2=O. The number of carbonyl (C=O) groups excluding carboxylic acids is 5. The van der Waals surface area contributed by atoms with Crippen LogP contribution in [0.15, 0.2) is 18.2 Å². The molecule has 1 saturated heterocycles. The number of benzene rings is 1. The third-order valence-corrected chi connectivity index (χ3v) is 5.97. The zero-order chi connectivity index (χ0) is 26.5. The molecule has 11 heteroatoms. The predicted molar refractivity (Wildman–Crippen MR) is 132 cm³/mol. The van der Waals surface area contributed by atoms with Crippen molar-refractivity contribution in [3.63, 3.8) is 0 Å². The molecule has 196 valence electrons. The largest absolute Gasteiger partial charge is 0.444 e. The van der Waals surface area contributed by atoms with E-state index in [1.807, 2.05) is 0 Å². The Morgan fingerprint density at radius 3 is 2.58 bits per heavy atom. The highest BCUT2D eigenvalue weighted by molar-refractivity contribution is 6.06. The van der Waals surface area contributed by atoms with E-state index < -0.39 is 23.6 Å². The highest BCUT2D eigenvalue weighted by atomic mass is 16.6. The standard InChI is InChI=1S/C25H35N5O6/c1-25(2,3)36-24(35)29(14-6-12-26)13-5-9-20(31)27-18-8-4-7-16-17(18)15-30(23(16)34)19-10-11-21(32)28-22(19)33/h4,7-8,19H,5-6,9-15,26H2,1-3H3,(H,27,31)(H,28,32,33). The number of nitrogens with two attached hydrogens (primary N) is 1. The van der Waals surface area contributed by atoms with E-state index in [0.717, 1.165) is 0 Å². The number of amides is 5. The van der Waals surface area contributed by atoms with E-state index in [9.17, 15) is 24.0 Å². The van der Waals surface area contributed by atoms with Crippen LogP contribution in [0.25, 0.3) is 0 Å². The molecule has 11 nitrogen and oxygen atoms in total. The normalized spacial score (nSPS) is 17.5. The van der Waals surface area contributed by atoms with Gasteiger partial charge in [-0.25, -0.2) is 4.79 Å². The Bertz CT molecular complexity index is 1030. The number of carbonyl (C=O) groups is 5. The van der Waals surface area contributed by atoms with E-state index in [4.69, 9.17) is 10.5 Å². The average molecular weight is 502 g/mol. The molecular formula is C25H35N5O6. The summed E-state index contributed by atoms with van der Waals surface area (Å²) in [7, 11) is 0. The van der Waals surface area contributed by atoms with Gasteiger partial charge in [0, 0.05) is 49.3 Å². The molecule has 0 radical (unpaired) electrons. The fraction of sp³-hybridized carbons (Fsp3) is 0.560. The molecule has 0 spiro atoms. The molecular weight excluding hydrogens is 466 g/mol. The number of piperidine rings is 1. The fourth-order valence-electron chi connectivity index (χ4n) is 4.25. The quantitative estimate of drug-likeness (QED) is 0.436. The Balaban J connectivity index is 1.59. The van der Waals surface area contributed by atoms with E-state index >= 15 is 0 Å². The fourth-order valence-corrected chi connectivity index (χ4v) is 4.25. The summed E-state index contributed by atoms with van der Waals surface area (Å²) >= 11 is 0. The second-order valence-electron chi connectivity index (χ2n) is 9.99. The minimum Gasteiger partial charge on any atom is -0.444 e. The van der Waals surface area contributed by atoms with Crippen molar-refractivity contribution < 1.29 is 28.7 Å². The maximum Gasteiger partial charge on any atom is 0.410 e. The minimum absolute atomic E-state index is 0.163. The molecule has 2 aliphatic heterocycles. The lowest BCUT2D eigenvalue weighted by Crippen LogP contribution is -2.52. The smallest absolute Gasteiger partial charge is 0.410 e. The monoisotopic (exact) mass is 501 g/mol. The summed E-state index contributed by atoms with van der Waals surface area (Å²) in [6.07, 6.45) is 1.21. The van der Waals surface area contributed by atoms with Gasteiger partial charge in [0.05, 0.1) is 0 Å². The third-order valence-electron chi connectivity index (χ3n) is 5.97. The molecule has 1 fully saturated rings. The third kappa shape index (κ3) is 6.81. The molecule has 36 heavy (non-hydrogen) atoms. The van der Waals surface area contributed by atoms with Crippen molar-refractivity contribution in [2.24, 2.45) is 5.73 Å². The average Bonchev–Trinajstić information content (AvgIpc) is 3.12. The number of ether oxygens (including phenoxy) is 1. The number of anilines is 1. The maximum absolute atomic E-state index is 12.9. The van der Waals surface area contributed by atoms with Crippen LogP contribution in [0.2, 0.25) is 0 Å². The lowest BCUT2D eigenvalue weighted by molar-refractivity contribution is -0.137. The second-order valence-corrected chi connectivity index (χ2v) is 9.99. The summed E-state index contributed by atoms with van der Waals surface area (Å²) in [6.45, 7) is 6.78. The Hall–Kier alpha value is -3.47. The van der Waals surface area contributed by atoms with Crippen molar-refractivity contribution in [2.75, 3.05) is 25.0 Å². The van der Waals surface area contributed by atoms with Crippen molar-refractivity contribution in [2.45, 2.75) is 71.1 Å². The molecule has 5 amide bonds. The number of nitrogens with zero attached hydrogens (tertiary/aromatic N) is 2. The van der Waals surface area contributed by atoms with Crippen LogP contribution in [0.3, 0.4) is 0 Å². The number of imide groups is 1. The van der Waals surface area contributed by atoms with Crippen LogP contribution in [-0.4, -0.2) is 70.8 Å². The van der Waals surface area contributed by atoms with Crippen molar-refractivity contribution in [1.82, 2.24) is 15.1 Å². The van der Waals surface area contributed by atoms with Crippen molar-refractivity contribution in [3.8, 4) is 0 Å². The maximum atomic E-state index is 12.9. The second kappa shape index (κ2) is 11.5. The van der Waals surface area contributed by atoms with Crippen LogP contribution in [0, 0.1) is 0 Å². The molecule has 4 N–H and O–H groups in total. The molecule has 0 aromatic heterocycles. The van der Waals surface area contributed by atoms with Crippen LogP contribution in [0.1, 0.15) is 68.8 Å². The first-order valence-electron chi connectivity index (χ1n) is 12.2. The Morgan fingerprint density at radius 1 is 1.19 bits per heavy atom. The van der Waals surface area contributed by atoms with Crippen molar-refractivity contribution >= 4 is 35.4 Å². The highest BCUT2D eigenvalue weighted by Crippen LogP contribution is 2.32. The zero-order valence-electron chi connectivity index (χ0n) is 21.1. The zero-order valence-corrected chi connectivity index (χ0v) is 21.1. The molecule has 0 bridgehead atoms. The molecule has 1 atom stereocenters. The molecule has 0 aliphatic carbocycles. The number of nitrogens with one attached hydrogen (secondary N) is 2. The summed E-state index contributed by atoms with van der Waals surface area (Å²) in [5.41, 5.74) is 6.53. The van der Waals surface area contributed by atoms with E-state index in [2.05, 4.69) is 10.6 Å². The summed E-state index contributed by atoms with van der Waals surface area (Å²) in [5, 5.41) is 5.14. The summed E-state index contributed by atoms with van der Waals surface area (Å²) in [5.74, 6) is -1.38. The van der Waals surface area contributed by atoms with E-state index in [-0.39, 0.29) is 43.5 Å². The molecule has 2 aliphatic rings. The first-order valence-corrected chi connectivity index (χ1v) is 12.2. The van der Waals surface area contributed by atoms with Gasteiger partial charge in [0.1, 0.15) is 11.6 Å². The van der Waals surface area contributed by atoms with Crippen LogP contribution in [-0.2, 0) is 25.7 Å². The summed E-state index contributed by atoms with van der Waals surface area (Å²) in [6, 6.07) is 4.33. The van der Waals surface area contributed by atoms with Gasteiger partial charge < -0.3 is 25.6 Å².